The largest absolute Gasteiger partial charge is 0.504 e. The summed E-state index contributed by atoms with van der Waals surface area (Å²) in [5, 5.41) is 11.6. The van der Waals surface area contributed by atoms with Gasteiger partial charge in [0.2, 0.25) is 0 Å². The van der Waals surface area contributed by atoms with Gasteiger partial charge in [0.05, 0.1) is 18.3 Å². The van der Waals surface area contributed by atoms with Crippen molar-refractivity contribution in [2.24, 2.45) is 4.99 Å². The molecule has 3 heterocycles. The molecule has 130 valence electrons. The highest BCUT2D eigenvalue weighted by Gasteiger charge is 2.43. The van der Waals surface area contributed by atoms with Gasteiger partial charge in [-0.25, -0.2) is 0 Å². The van der Waals surface area contributed by atoms with Gasteiger partial charge in [-0.1, -0.05) is 30.8 Å². The van der Waals surface area contributed by atoms with Gasteiger partial charge in [-0.3, -0.25) is 9.98 Å². The molecule has 2 aliphatic heterocycles. The van der Waals surface area contributed by atoms with Gasteiger partial charge in [-0.05, 0) is 36.8 Å². The van der Waals surface area contributed by atoms with Gasteiger partial charge in [0.25, 0.3) is 0 Å². The average Bonchev–Trinajstić information content (AvgIpc) is 3.14. The molecule has 1 saturated heterocycles. The van der Waals surface area contributed by atoms with Crippen molar-refractivity contribution < 1.29 is 9.84 Å². The SMILES string of the molecule is CCOc1cc([C@@H]2[C@H](c3ccccn3)N=C3S[C@H](C)CN32)ccc1O. The van der Waals surface area contributed by atoms with Crippen molar-refractivity contribution >= 4 is 16.9 Å². The van der Waals surface area contributed by atoms with E-state index in [1.807, 2.05) is 55.2 Å². The lowest BCUT2D eigenvalue weighted by molar-refractivity contribution is 0.306. The van der Waals surface area contributed by atoms with Crippen LogP contribution in [0.1, 0.15) is 37.2 Å². The number of amidine groups is 1. The summed E-state index contributed by atoms with van der Waals surface area (Å²) in [6.07, 6.45) is 1.81. The predicted octanol–water partition coefficient (Wildman–Crippen LogP) is 3.78. The van der Waals surface area contributed by atoms with E-state index in [1.165, 1.54) is 0 Å². The molecule has 1 fully saturated rings. The minimum absolute atomic E-state index is 0.0461. The minimum Gasteiger partial charge on any atom is -0.504 e. The highest BCUT2D eigenvalue weighted by Crippen LogP contribution is 2.48. The number of aromatic nitrogens is 1. The zero-order chi connectivity index (χ0) is 17.4. The fraction of sp³-hybridized carbons (Fsp3) is 0.368. The number of hydrogen-bond acceptors (Lipinski definition) is 6. The van der Waals surface area contributed by atoms with Crippen LogP contribution in [0.3, 0.4) is 0 Å². The van der Waals surface area contributed by atoms with E-state index in [0.717, 1.165) is 23.0 Å². The summed E-state index contributed by atoms with van der Waals surface area (Å²) in [5.74, 6) is 0.691. The number of nitrogens with zero attached hydrogens (tertiary/aromatic N) is 3. The molecule has 1 aromatic heterocycles. The average molecular weight is 355 g/mol. The van der Waals surface area contributed by atoms with E-state index in [-0.39, 0.29) is 17.8 Å². The molecule has 5 nitrogen and oxygen atoms in total. The van der Waals surface area contributed by atoms with Gasteiger partial charge in [0.15, 0.2) is 16.7 Å². The first-order valence-corrected chi connectivity index (χ1v) is 9.43. The monoisotopic (exact) mass is 355 g/mol. The quantitative estimate of drug-likeness (QED) is 0.905. The minimum atomic E-state index is -0.0461. The number of pyridine rings is 1. The Balaban J connectivity index is 1.76. The molecule has 0 aliphatic carbocycles. The van der Waals surface area contributed by atoms with Crippen LogP contribution in [-0.2, 0) is 0 Å². The lowest BCUT2D eigenvalue weighted by Gasteiger charge is -2.27. The highest BCUT2D eigenvalue weighted by molar-refractivity contribution is 8.14. The first-order valence-electron chi connectivity index (χ1n) is 8.55. The van der Waals surface area contributed by atoms with Gasteiger partial charge in [-0.15, -0.1) is 0 Å². The molecule has 3 atom stereocenters. The molecule has 6 heteroatoms. The molecule has 0 amide bonds. The number of aromatic hydroxyl groups is 1. The number of benzene rings is 1. The third-order valence-electron chi connectivity index (χ3n) is 4.51. The molecule has 2 aliphatic rings. The predicted molar refractivity (Wildman–Crippen MR) is 100 cm³/mol. The topological polar surface area (TPSA) is 58.0 Å². The first kappa shape index (κ1) is 16.3. The van der Waals surface area contributed by atoms with Gasteiger partial charge in [0.1, 0.15) is 6.04 Å². The van der Waals surface area contributed by atoms with Crippen LogP contribution in [0.25, 0.3) is 0 Å². The summed E-state index contributed by atoms with van der Waals surface area (Å²) in [5.41, 5.74) is 2.05. The van der Waals surface area contributed by atoms with E-state index >= 15 is 0 Å². The second-order valence-electron chi connectivity index (χ2n) is 6.30. The van der Waals surface area contributed by atoms with Crippen LogP contribution in [0, 0.1) is 0 Å². The van der Waals surface area contributed by atoms with Crippen molar-refractivity contribution in [2.45, 2.75) is 31.2 Å². The first-order chi connectivity index (χ1) is 12.2. The number of aliphatic imine (C=N–C) groups is 1. The van der Waals surface area contributed by atoms with E-state index in [4.69, 9.17) is 9.73 Å². The van der Waals surface area contributed by atoms with Crippen molar-refractivity contribution in [1.29, 1.82) is 0 Å². The van der Waals surface area contributed by atoms with Crippen LogP contribution in [0.4, 0.5) is 0 Å². The normalized spacial score (nSPS) is 25.0. The summed E-state index contributed by atoms with van der Waals surface area (Å²) in [4.78, 5) is 11.9. The summed E-state index contributed by atoms with van der Waals surface area (Å²) in [6, 6.07) is 11.6. The van der Waals surface area contributed by atoms with E-state index in [1.54, 1.807) is 6.07 Å². The standard InChI is InChI=1S/C19H21N3O2S/c1-3-24-16-10-13(7-8-15(16)23)18-17(14-6-4-5-9-20-14)21-19-22(18)11-12(2)25-19/h4-10,12,17-18,23H,3,11H2,1-2H3/t12-,17+,18-/m1/s1. The lowest BCUT2D eigenvalue weighted by Crippen LogP contribution is -2.28. The molecule has 25 heavy (non-hydrogen) atoms. The summed E-state index contributed by atoms with van der Waals surface area (Å²) in [6.45, 7) is 5.62. The molecular formula is C19H21N3O2S. The maximum atomic E-state index is 10.0. The molecule has 0 bridgehead atoms. The van der Waals surface area contributed by atoms with Crippen molar-refractivity contribution in [1.82, 2.24) is 9.88 Å². The number of rotatable bonds is 4. The Hall–Kier alpha value is -2.21. The fourth-order valence-electron chi connectivity index (χ4n) is 3.46. The zero-order valence-electron chi connectivity index (χ0n) is 14.3. The van der Waals surface area contributed by atoms with Gasteiger partial charge in [-0.2, -0.15) is 0 Å². The number of phenols is 1. The van der Waals surface area contributed by atoms with Crippen LogP contribution in [-0.4, -0.2) is 38.6 Å². The van der Waals surface area contributed by atoms with E-state index in [0.29, 0.717) is 17.6 Å². The highest BCUT2D eigenvalue weighted by atomic mass is 32.2. The summed E-state index contributed by atoms with van der Waals surface area (Å²) >= 11 is 1.82. The smallest absolute Gasteiger partial charge is 0.161 e. The van der Waals surface area contributed by atoms with Crippen molar-refractivity contribution in [3.63, 3.8) is 0 Å². The Morgan fingerprint density at radius 1 is 1.32 bits per heavy atom. The fourth-order valence-corrected chi connectivity index (χ4v) is 4.56. The summed E-state index contributed by atoms with van der Waals surface area (Å²) in [7, 11) is 0. The van der Waals surface area contributed by atoms with Crippen LogP contribution >= 0.6 is 11.8 Å². The Kier molecular flexibility index (Phi) is 4.29. The molecule has 2 aromatic rings. The Morgan fingerprint density at radius 2 is 2.20 bits per heavy atom. The van der Waals surface area contributed by atoms with Crippen LogP contribution < -0.4 is 4.74 Å². The van der Waals surface area contributed by atoms with Crippen LogP contribution in [0.15, 0.2) is 47.6 Å². The second kappa shape index (κ2) is 6.59. The molecule has 0 spiro atoms. The number of fused-ring (bicyclic) bond motifs is 1. The van der Waals surface area contributed by atoms with Gasteiger partial charge < -0.3 is 14.7 Å². The number of phenolic OH excluding ortho intramolecular Hbond substituents is 1. The zero-order valence-corrected chi connectivity index (χ0v) is 15.1. The van der Waals surface area contributed by atoms with E-state index in [2.05, 4.69) is 16.8 Å². The summed E-state index contributed by atoms with van der Waals surface area (Å²) < 4.78 is 5.58. The number of ether oxygens (including phenoxy) is 1. The molecule has 0 radical (unpaired) electrons. The third kappa shape index (κ3) is 2.95. The van der Waals surface area contributed by atoms with Crippen molar-refractivity contribution in [3.8, 4) is 11.5 Å². The molecular weight excluding hydrogens is 334 g/mol. The molecule has 1 N–H and O–H groups in total. The molecule has 0 saturated carbocycles. The van der Waals surface area contributed by atoms with Gasteiger partial charge >= 0.3 is 0 Å². The van der Waals surface area contributed by atoms with Crippen LogP contribution in [0.2, 0.25) is 0 Å². The molecule has 0 unspecified atom stereocenters. The Morgan fingerprint density at radius 3 is 2.96 bits per heavy atom. The maximum absolute atomic E-state index is 10.0. The van der Waals surface area contributed by atoms with Gasteiger partial charge in [0, 0.05) is 18.0 Å². The van der Waals surface area contributed by atoms with Crippen molar-refractivity contribution in [2.75, 3.05) is 13.2 Å². The third-order valence-corrected chi connectivity index (χ3v) is 5.61. The maximum Gasteiger partial charge on any atom is 0.161 e. The van der Waals surface area contributed by atoms with E-state index < -0.39 is 0 Å². The van der Waals surface area contributed by atoms with Crippen molar-refractivity contribution in [3.05, 3.63) is 53.9 Å². The Bertz CT molecular complexity index is 797. The second-order valence-corrected chi connectivity index (χ2v) is 7.70. The molecule has 4 rings (SSSR count). The van der Waals surface area contributed by atoms with E-state index in [9.17, 15) is 5.11 Å². The lowest BCUT2D eigenvalue weighted by atomic mass is 9.96. The molecule has 1 aromatic carbocycles. The van der Waals surface area contributed by atoms with Crippen LogP contribution in [0.5, 0.6) is 11.5 Å². The number of thioether (sulfide) groups is 1. The number of hydrogen-bond donors (Lipinski definition) is 1. The Labute approximate surface area is 151 Å².